The topological polar surface area (TPSA) is 97.1 Å². The molecule has 3 aromatic rings. The average Bonchev–Trinajstić information content (AvgIpc) is 3.03. The van der Waals surface area contributed by atoms with E-state index in [2.05, 4.69) is 15.4 Å². The molecule has 0 spiro atoms. The number of carboxylic acid groups (broad SMARTS) is 1. The highest BCUT2D eigenvalue weighted by Gasteiger charge is 2.12. The summed E-state index contributed by atoms with van der Waals surface area (Å²) in [7, 11) is 0. The maximum atomic E-state index is 12.3. The van der Waals surface area contributed by atoms with Crippen LogP contribution in [-0.4, -0.2) is 31.7 Å². The fourth-order valence-corrected chi connectivity index (χ4v) is 2.24. The number of nitrogens with zero attached hydrogens (tertiary/aromatic N) is 3. The molecule has 7 nitrogen and oxygen atoms in total. The third-order valence-electron chi connectivity index (χ3n) is 3.18. The van der Waals surface area contributed by atoms with Gasteiger partial charge >= 0.3 is 5.97 Å². The van der Waals surface area contributed by atoms with Crippen molar-refractivity contribution < 1.29 is 14.7 Å². The van der Waals surface area contributed by atoms with Crippen LogP contribution in [0.3, 0.4) is 0 Å². The van der Waals surface area contributed by atoms with Gasteiger partial charge in [0.25, 0.3) is 5.91 Å². The third-order valence-corrected chi connectivity index (χ3v) is 3.42. The van der Waals surface area contributed by atoms with Gasteiger partial charge in [-0.1, -0.05) is 17.7 Å². The summed E-state index contributed by atoms with van der Waals surface area (Å²) in [6.45, 7) is 0. The monoisotopic (exact) mass is 342 g/mol. The van der Waals surface area contributed by atoms with Gasteiger partial charge in [0.05, 0.1) is 17.4 Å². The molecule has 0 radical (unpaired) electrons. The summed E-state index contributed by atoms with van der Waals surface area (Å²) in [4.78, 5) is 26.8. The Morgan fingerprint density at radius 1 is 1.17 bits per heavy atom. The summed E-state index contributed by atoms with van der Waals surface area (Å²) >= 11 is 5.97. The van der Waals surface area contributed by atoms with Gasteiger partial charge in [0.15, 0.2) is 0 Å². The molecule has 1 aromatic carbocycles. The molecule has 1 amide bonds. The Kier molecular flexibility index (Phi) is 4.26. The van der Waals surface area contributed by atoms with Gasteiger partial charge in [0.2, 0.25) is 0 Å². The van der Waals surface area contributed by atoms with E-state index in [-0.39, 0.29) is 11.3 Å². The van der Waals surface area contributed by atoms with E-state index in [1.54, 1.807) is 36.5 Å². The Hall–Kier alpha value is -3.19. The first-order chi connectivity index (χ1) is 11.5. The highest BCUT2D eigenvalue weighted by atomic mass is 35.5. The van der Waals surface area contributed by atoms with Gasteiger partial charge in [-0.2, -0.15) is 5.10 Å². The number of hydrogen-bond acceptors (Lipinski definition) is 4. The average molecular weight is 343 g/mol. The van der Waals surface area contributed by atoms with Gasteiger partial charge in [-0.3, -0.25) is 4.79 Å². The number of nitrogens with one attached hydrogen (secondary N) is 1. The number of anilines is 1. The van der Waals surface area contributed by atoms with Crippen LogP contribution >= 0.6 is 11.6 Å². The molecule has 0 bridgehead atoms. The van der Waals surface area contributed by atoms with Gasteiger partial charge in [-0.15, -0.1) is 0 Å². The minimum absolute atomic E-state index is 0.129. The first kappa shape index (κ1) is 15.7. The lowest BCUT2D eigenvalue weighted by molar-refractivity contribution is 0.0690. The Morgan fingerprint density at radius 3 is 2.67 bits per heavy atom. The number of aromatic nitrogens is 3. The summed E-state index contributed by atoms with van der Waals surface area (Å²) < 4.78 is 1.53. The normalized spacial score (nSPS) is 10.4. The second-order valence-corrected chi connectivity index (χ2v) is 5.24. The summed E-state index contributed by atoms with van der Waals surface area (Å²) in [6.07, 6.45) is 2.75. The van der Waals surface area contributed by atoms with Crippen LogP contribution in [0.5, 0.6) is 0 Å². The highest BCUT2D eigenvalue weighted by Crippen LogP contribution is 2.19. The van der Waals surface area contributed by atoms with E-state index < -0.39 is 11.9 Å². The molecule has 2 aromatic heterocycles. The van der Waals surface area contributed by atoms with E-state index in [4.69, 9.17) is 16.7 Å². The Bertz CT molecular complexity index is 906. The van der Waals surface area contributed by atoms with Gasteiger partial charge < -0.3 is 10.4 Å². The zero-order valence-corrected chi connectivity index (χ0v) is 12.9. The van der Waals surface area contributed by atoms with Crippen molar-refractivity contribution in [3.05, 3.63) is 71.1 Å². The van der Waals surface area contributed by atoms with Crippen LogP contribution in [-0.2, 0) is 0 Å². The number of carboxylic acids is 1. The Balaban J connectivity index is 1.83. The number of pyridine rings is 1. The number of halogens is 1. The maximum Gasteiger partial charge on any atom is 0.354 e. The van der Waals surface area contributed by atoms with Crippen molar-refractivity contribution >= 4 is 29.3 Å². The van der Waals surface area contributed by atoms with E-state index >= 15 is 0 Å². The van der Waals surface area contributed by atoms with Gasteiger partial charge in [0, 0.05) is 17.3 Å². The predicted octanol–water partition coefficient (Wildman–Crippen LogP) is 2.87. The van der Waals surface area contributed by atoms with E-state index in [1.165, 1.54) is 23.0 Å². The Morgan fingerprint density at radius 2 is 2.00 bits per heavy atom. The van der Waals surface area contributed by atoms with Crippen LogP contribution < -0.4 is 5.32 Å². The number of carbonyl (C=O) groups excluding carboxylic acids is 1. The minimum Gasteiger partial charge on any atom is -0.477 e. The fraction of sp³-hybridized carbons (Fsp3) is 0. The molecule has 3 rings (SSSR count). The van der Waals surface area contributed by atoms with E-state index in [9.17, 15) is 9.59 Å². The lowest BCUT2D eigenvalue weighted by Gasteiger charge is -2.09. The number of aromatic carboxylic acids is 1. The zero-order valence-electron chi connectivity index (χ0n) is 12.2. The molecule has 0 aliphatic heterocycles. The van der Waals surface area contributed by atoms with Crippen molar-refractivity contribution in [1.82, 2.24) is 14.8 Å². The van der Waals surface area contributed by atoms with Crippen LogP contribution in [0.15, 0.2) is 54.9 Å². The Labute approximate surface area is 141 Å². The van der Waals surface area contributed by atoms with Crippen molar-refractivity contribution in [2.24, 2.45) is 0 Å². The molecule has 2 heterocycles. The lowest BCUT2D eigenvalue weighted by atomic mass is 10.2. The molecule has 0 saturated carbocycles. The summed E-state index contributed by atoms with van der Waals surface area (Å²) in [6, 6.07) is 11.3. The van der Waals surface area contributed by atoms with Crippen LogP contribution in [0.2, 0.25) is 5.02 Å². The quantitative estimate of drug-likeness (QED) is 0.759. The number of carbonyl (C=O) groups is 2. The molecule has 0 atom stereocenters. The van der Waals surface area contributed by atoms with Crippen molar-refractivity contribution in [3.8, 4) is 5.69 Å². The van der Waals surface area contributed by atoms with Crippen LogP contribution in [0.4, 0.5) is 5.82 Å². The second kappa shape index (κ2) is 6.51. The zero-order chi connectivity index (χ0) is 17.1. The van der Waals surface area contributed by atoms with Gasteiger partial charge in [-0.05, 0) is 30.3 Å². The summed E-state index contributed by atoms with van der Waals surface area (Å²) in [5, 5.41) is 16.2. The van der Waals surface area contributed by atoms with Gasteiger partial charge in [-0.25, -0.2) is 14.5 Å². The smallest absolute Gasteiger partial charge is 0.354 e. The van der Waals surface area contributed by atoms with E-state index in [1.807, 2.05) is 0 Å². The molecule has 0 unspecified atom stereocenters. The third kappa shape index (κ3) is 3.26. The summed E-state index contributed by atoms with van der Waals surface area (Å²) in [5.74, 6) is -1.13. The molecule has 8 heteroatoms. The molecule has 0 fully saturated rings. The molecule has 2 N–H and O–H groups in total. The number of benzene rings is 1. The molecule has 0 aliphatic rings. The standard InChI is InChI=1S/C16H11ClN4O3/c17-11-2-1-3-12(8-11)21-14(6-7-19-21)20-15(22)10-4-5-13(16(23)24)18-9-10/h1-9H,(H,20,22)(H,23,24). The minimum atomic E-state index is -1.15. The summed E-state index contributed by atoms with van der Waals surface area (Å²) in [5.41, 5.74) is 0.802. The molecular formula is C16H11ClN4O3. The fourth-order valence-electron chi connectivity index (χ4n) is 2.05. The molecule has 120 valence electrons. The van der Waals surface area contributed by atoms with Crippen LogP contribution in [0.1, 0.15) is 20.8 Å². The maximum absolute atomic E-state index is 12.3. The lowest BCUT2D eigenvalue weighted by Crippen LogP contribution is -2.16. The highest BCUT2D eigenvalue weighted by molar-refractivity contribution is 6.30. The molecule has 0 aliphatic carbocycles. The number of amides is 1. The SMILES string of the molecule is O=C(Nc1ccnn1-c1cccc(Cl)c1)c1ccc(C(=O)O)nc1. The van der Waals surface area contributed by atoms with Crippen molar-refractivity contribution in [2.75, 3.05) is 5.32 Å². The van der Waals surface area contributed by atoms with Crippen LogP contribution in [0.25, 0.3) is 5.69 Å². The first-order valence-corrected chi connectivity index (χ1v) is 7.23. The molecule has 24 heavy (non-hydrogen) atoms. The second-order valence-electron chi connectivity index (χ2n) is 4.80. The van der Waals surface area contributed by atoms with Crippen molar-refractivity contribution in [3.63, 3.8) is 0 Å². The number of hydrogen-bond donors (Lipinski definition) is 2. The predicted molar refractivity (Wildman–Crippen MR) is 87.7 cm³/mol. The van der Waals surface area contributed by atoms with Crippen LogP contribution in [0, 0.1) is 0 Å². The largest absolute Gasteiger partial charge is 0.477 e. The van der Waals surface area contributed by atoms with E-state index in [0.29, 0.717) is 16.5 Å². The first-order valence-electron chi connectivity index (χ1n) is 6.85. The number of rotatable bonds is 4. The van der Waals surface area contributed by atoms with Gasteiger partial charge in [0.1, 0.15) is 11.5 Å². The molecule has 0 saturated heterocycles. The van der Waals surface area contributed by atoms with Crippen molar-refractivity contribution in [1.29, 1.82) is 0 Å². The van der Waals surface area contributed by atoms with Crippen molar-refractivity contribution in [2.45, 2.75) is 0 Å². The van der Waals surface area contributed by atoms with E-state index in [0.717, 1.165) is 0 Å². The molecular weight excluding hydrogens is 332 g/mol.